The van der Waals surface area contributed by atoms with E-state index in [1.807, 2.05) is 24.3 Å². The molecule has 0 aliphatic carbocycles. The van der Waals surface area contributed by atoms with Gasteiger partial charge in [-0.1, -0.05) is 41.6 Å². The summed E-state index contributed by atoms with van der Waals surface area (Å²) in [5.41, 5.74) is 2.59. The number of nitrogens with one attached hydrogen (secondary N) is 1. The van der Waals surface area contributed by atoms with Crippen molar-refractivity contribution in [2.24, 2.45) is 0 Å². The van der Waals surface area contributed by atoms with Crippen LogP contribution in [0.5, 0.6) is 0 Å². The van der Waals surface area contributed by atoms with Crippen LogP contribution in [-0.4, -0.2) is 25.0 Å². The van der Waals surface area contributed by atoms with E-state index in [9.17, 15) is 0 Å². The molecule has 6 nitrogen and oxygen atoms in total. The molecule has 4 rings (SSSR count). The minimum atomic E-state index is 0.638. The normalized spacial score (nSPS) is 11.0. The molecule has 0 unspecified atom stereocenters. The summed E-state index contributed by atoms with van der Waals surface area (Å²) in [5.74, 6) is 0.711. The second kappa shape index (κ2) is 6.13. The lowest BCUT2D eigenvalue weighted by atomic mass is 10.2. The van der Waals surface area contributed by atoms with Gasteiger partial charge in [-0.2, -0.15) is 0 Å². The van der Waals surface area contributed by atoms with E-state index in [4.69, 9.17) is 0 Å². The van der Waals surface area contributed by atoms with Crippen molar-refractivity contribution in [2.45, 2.75) is 13.1 Å². The summed E-state index contributed by atoms with van der Waals surface area (Å²) < 4.78 is 1.79. The topological polar surface area (TPSA) is 68.5 Å². The van der Waals surface area contributed by atoms with Crippen LogP contribution < -0.4 is 5.32 Å². The predicted molar refractivity (Wildman–Crippen MR) is 90.3 cm³/mol. The number of benzene rings is 1. The summed E-state index contributed by atoms with van der Waals surface area (Å²) in [4.78, 5) is 9.87. The summed E-state index contributed by atoms with van der Waals surface area (Å²) in [7, 11) is 0. The molecule has 0 fully saturated rings. The summed E-state index contributed by atoms with van der Waals surface area (Å²) in [6, 6.07) is 14.3. The highest BCUT2D eigenvalue weighted by molar-refractivity contribution is 7.09. The molecule has 0 radical (unpaired) electrons. The zero-order valence-electron chi connectivity index (χ0n) is 12.3. The summed E-state index contributed by atoms with van der Waals surface area (Å²) in [5, 5.41) is 13.8. The van der Waals surface area contributed by atoms with Gasteiger partial charge in [-0.3, -0.25) is 0 Å². The molecule has 0 aliphatic heterocycles. The van der Waals surface area contributed by atoms with Gasteiger partial charge < -0.3 is 5.32 Å². The van der Waals surface area contributed by atoms with Gasteiger partial charge in [0.05, 0.1) is 13.1 Å². The molecule has 0 atom stereocenters. The summed E-state index contributed by atoms with van der Waals surface area (Å²) in [6.45, 7) is 1.36. The molecule has 0 saturated heterocycles. The smallest absolute Gasteiger partial charge is 0.184 e. The van der Waals surface area contributed by atoms with Crippen molar-refractivity contribution in [3.05, 3.63) is 64.6 Å². The van der Waals surface area contributed by atoms with Gasteiger partial charge in [0.1, 0.15) is 6.33 Å². The minimum absolute atomic E-state index is 0.638. The first-order valence-corrected chi connectivity index (χ1v) is 8.12. The van der Waals surface area contributed by atoms with Crippen LogP contribution in [-0.2, 0) is 13.1 Å². The molecule has 3 aromatic heterocycles. The molecule has 4 aromatic rings. The van der Waals surface area contributed by atoms with Crippen LogP contribution in [0.1, 0.15) is 10.4 Å². The third kappa shape index (κ3) is 2.91. The Morgan fingerprint density at radius 2 is 1.96 bits per heavy atom. The molecule has 7 heteroatoms. The second-order valence-electron chi connectivity index (χ2n) is 5.06. The number of thiophene rings is 1. The Morgan fingerprint density at radius 3 is 2.78 bits per heavy atom. The van der Waals surface area contributed by atoms with Crippen LogP contribution in [0.25, 0.3) is 11.2 Å². The van der Waals surface area contributed by atoms with Crippen molar-refractivity contribution in [1.82, 2.24) is 25.0 Å². The monoisotopic (exact) mass is 322 g/mol. The highest BCUT2D eigenvalue weighted by Crippen LogP contribution is 2.18. The first kappa shape index (κ1) is 13.8. The van der Waals surface area contributed by atoms with Gasteiger partial charge in [-0.05, 0) is 17.0 Å². The van der Waals surface area contributed by atoms with E-state index in [1.165, 1.54) is 4.88 Å². The van der Waals surface area contributed by atoms with Crippen LogP contribution >= 0.6 is 11.3 Å². The third-order valence-electron chi connectivity index (χ3n) is 3.49. The highest BCUT2D eigenvalue weighted by Gasteiger charge is 2.11. The zero-order chi connectivity index (χ0) is 15.5. The Morgan fingerprint density at radius 1 is 1.04 bits per heavy atom. The van der Waals surface area contributed by atoms with E-state index in [0.29, 0.717) is 17.9 Å². The molecule has 0 amide bonds. The van der Waals surface area contributed by atoms with Crippen LogP contribution in [0.15, 0.2) is 54.2 Å². The number of fused-ring (bicyclic) bond motifs is 1. The molecular weight excluding hydrogens is 308 g/mol. The number of hydrogen-bond donors (Lipinski definition) is 1. The van der Waals surface area contributed by atoms with Gasteiger partial charge in [0, 0.05) is 4.88 Å². The molecule has 3 heterocycles. The van der Waals surface area contributed by atoms with Crippen molar-refractivity contribution in [2.75, 3.05) is 5.32 Å². The van der Waals surface area contributed by atoms with Crippen LogP contribution in [0.2, 0.25) is 0 Å². The van der Waals surface area contributed by atoms with Gasteiger partial charge in [0.2, 0.25) is 0 Å². The average molecular weight is 322 g/mol. The lowest BCUT2D eigenvalue weighted by Gasteiger charge is -2.04. The molecule has 1 aromatic carbocycles. The minimum Gasteiger partial charge on any atom is -0.363 e. The fraction of sp³-hybridized carbons (Fsp3) is 0.125. The van der Waals surface area contributed by atoms with Gasteiger partial charge in [-0.25, -0.2) is 14.6 Å². The third-order valence-corrected chi connectivity index (χ3v) is 4.36. The lowest BCUT2D eigenvalue weighted by Crippen LogP contribution is -2.04. The highest BCUT2D eigenvalue weighted by atomic mass is 32.1. The van der Waals surface area contributed by atoms with Crippen molar-refractivity contribution in [1.29, 1.82) is 0 Å². The Balaban J connectivity index is 1.61. The van der Waals surface area contributed by atoms with Crippen molar-refractivity contribution < 1.29 is 0 Å². The van der Waals surface area contributed by atoms with Crippen molar-refractivity contribution >= 4 is 28.3 Å². The number of hydrogen-bond acceptors (Lipinski definition) is 6. The Bertz CT molecular complexity index is 901. The maximum absolute atomic E-state index is 4.33. The molecule has 1 N–H and O–H groups in total. The number of nitrogens with zero attached hydrogens (tertiary/aromatic N) is 5. The lowest BCUT2D eigenvalue weighted by molar-refractivity contribution is 0.664. The van der Waals surface area contributed by atoms with Gasteiger partial charge in [0.15, 0.2) is 17.0 Å². The van der Waals surface area contributed by atoms with E-state index in [-0.39, 0.29) is 0 Å². The first-order valence-electron chi connectivity index (χ1n) is 7.24. The maximum atomic E-state index is 4.33. The van der Waals surface area contributed by atoms with Crippen molar-refractivity contribution in [3.63, 3.8) is 0 Å². The van der Waals surface area contributed by atoms with E-state index in [1.54, 1.807) is 22.3 Å². The molecule has 0 saturated carbocycles. The number of rotatable bonds is 5. The average Bonchev–Trinajstić information content (AvgIpc) is 3.24. The standard InChI is InChI=1S/C16H14N6S/c1-2-5-12(6-3-1)10-22-16-14(20-21-22)15(18-11-19-16)17-9-13-7-4-8-23-13/h1-8,11H,9-10H2,(H,17,18,19). The molecule has 114 valence electrons. The summed E-state index contributed by atoms with van der Waals surface area (Å²) >= 11 is 1.71. The van der Waals surface area contributed by atoms with E-state index in [0.717, 1.165) is 17.8 Å². The molecule has 0 spiro atoms. The Labute approximate surface area is 136 Å². The van der Waals surface area contributed by atoms with Gasteiger partial charge in [-0.15, -0.1) is 16.4 Å². The number of aromatic nitrogens is 5. The molecular formula is C16H14N6S. The predicted octanol–water partition coefficient (Wildman–Crippen LogP) is 2.94. The van der Waals surface area contributed by atoms with Crippen LogP contribution in [0.4, 0.5) is 5.82 Å². The quantitative estimate of drug-likeness (QED) is 0.612. The maximum Gasteiger partial charge on any atom is 0.184 e. The molecule has 23 heavy (non-hydrogen) atoms. The van der Waals surface area contributed by atoms with E-state index >= 15 is 0 Å². The van der Waals surface area contributed by atoms with Crippen molar-refractivity contribution in [3.8, 4) is 0 Å². The SMILES string of the molecule is c1ccc(Cn2nnc3c(NCc4cccs4)ncnc32)cc1. The van der Waals surface area contributed by atoms with Gasteiger partial charge >= 0.3 is 0 Å². The number of anilines is 1. The second-order valence-corrected chi connectivity index (χ2v) is 6.09. The zero-order valence-corrected chi connectivity index (χ0v) is 13.1. The Hall–Kier alpha value is -2.80. The molecule has 0 aliphatic rings. The Kier molecular flexibility index (Phi) is 3.69. The van der Waals surface area contributed by atoms with Crippen LogP contribution in [0, 0.1) is 0 Å². The summed E-state index contributed by atoms with van der Waals surface area (Å²) in [6.07, 6.45) is 1.55. The van der Waals surface area contributed by atoms with E-state index in [2.05, 4.69) is 49.2 Å². The van der Waals surface area contributed by atoms with E-state index < -0.39 is 0 Å². The first-order chi connectivity index (χ1) is 11.4. The largest absolute Gasteiger partial charge is 0.363 e. The molecule has 0 bridgehead atoms. The fourth-order valence-electron chi connectivity index (χ4n) is 2.37. The fourth-order valence-corrected chi connectivity index (χ4v) is 3.01. The van der Waals surface area contributed by atoms with Crippen LogP contribution in [0.3, 0.4) is 0 Å². The van der Waals surface area contributed by atoms with Gasteiger partial charge in [0.25, 0.3) is 0 Å².